The highest BCUT2D eigenvalue weighted by molar-refractivity contribution is 5.38. The van der Waals surface area contributed by atoms with E-state index in [4.69, 9.17) is 4.74 Å². The number of rotatable bonds is 4. The molecule has 94 valence electrons. The fourth-order valence-electron chi connectivity index (χ4n) is 1.86. The molecule has 0 saturated heterocycles. The van der Waals surface area contributed by atoms with E-state index < -0.39 is 6.10 Å². The Kier molecular flexibility index (Phi) is 4.00. The summed E-state index contributed by atoms with van der Waals surface area (Å²) in [5.41, 5.74) is 3.08. The van der Waals surface area contributed by atoms with Crippen molar-refractivity contribution in [2.45, 2.75) is 26.6 Å². The average molecular weight is 242 g/mol. The largest absolute Gasteiger partial charge is 0.489 e. The van der Waals surface area contributed by atoms with Gasteiger partial charge in [0.1, 0.15) is 12.4 Å². The maximum absolute atomic E-state index is 9.75. The van der Waals surface area contributed by atoms with Gasteiger partial charge in [-0.25, -0.2) is 0 Å². The molecule has 2 aromatic carbocycles. The lowest BCUT2D eigenvalue weighted by atomic mass is 10.1. The van der Waals surface area contributed by atoms with Crippen molar-refractivity contribution in [2.75, 3.05) is 0 Å². The van der Waals surface area contributed by atoms with Crippen molar-refractivity contribution >= 4 is 0 Å². The minimum absolute atomic E-state index is 0.517. The second kappa shape index (κ2) is 5.69. The highest BCUT2D eigenvalue weighted by Gasteiger charge is 2.09. The number of hydrogen-bond donors (Lipinski definition) is 1. The van der Waals surface area contributed by atoms with Crippen LogP contribution in [-0.4, -0.2) is 5.11 Å². The predicted octanol–water partition coefficient (Wildman–Crippen LogP) is 3.63. The lowest BCUT2D eigenvalue weighted by Gasteiger charge is -2.14. The van der Waals surface area contributed by atoms with Crippen molar-refractivity contribution in [1.29, 1.82) is 0 Å². The number of aliphatic hydroxyl groups is 1. The van der Waals surface area contributed by atoms with Gasteiger partial charge in [-0.3, -0.25) is 0 Å². The Morgan fingerprint density at radius 1 is 1.11 bits per heavy atom. The van der Waals surface area contributed by atoms with Gasteiger partial charge in [-0.05, 0) is 31.5 Å². The summed E-state index contributed by atoms with van der Waals surface area (Å²) in [4.78, 5) is 0. The van der Waals surface area contributed by atoms with Gasteiger partial charge in [-0.1, -0.05) is 42.0 Å². The lowest BCUT2D eigenvalue weighted by molar-refractivity contribution is 0.190. The van der Waals surface area contributed by atoms with Gasteiger partial charge in [0, 0.05) is 5.56 Å². The van der Waals surface area contributed by atoms with Crippen molar-refractivity contribution in [1.82, 2.24) is 0 Å². The Morgan fingerprint density at radius 3 is 2.50 bits per heavy atom. The molecule has 1 N–H and O–H groups in total. The van der Waals surface area contributed by atoms with E-state index >= 15 is 0 Å². The standard InChI is InChI=1S/C16H18O2/c1-12-8-9-16(15(10-12)13(2)17)18-11-14-6-4-3-5-7-14/h3-10,13,17H,11H2,1-2H3. The van der Waals surface area contributed by atoms with Crippen LogP contribution in [0.1, 0.15) is 29.7 Å². The van der Waals surface area contributed by atoms with E-state index in [1.165, 1.54) is 0 Å². The Balaban J connectivity index is 2.14. The molecule has 2 aromatic rings. The minimum Gasteiger partial charge on any atom is -0.489 e. The summed E-state index contributed by atoms with van der Waals surface area (Å²) in [6.45, 7) is 4.28. The zero-order valence-corrected chi connectivity index (χ0v) is 10.8. The summed E-state index contributed by atoms with van der Waals surface area (Å²) in [5.74, 6) is 0.749. The van der Waals surface area contributed by atoms with Gasteiger partial charge in [-0.2, -0.15) is 0 Å². The van der Waals surface area contributed by atoms with Gasteiger partial charge in [0.15, 0.2) is 0 Å². The summed E-state index contributed by atoms with van der Waals surface area (Å²) in [6, 6.07) is 15.9. The Bertz CT molecular complexity index is 504. The predicted molar refractivity (Wildman–Crippen MR) is 72.6 cm³/mol. The summed E-state index contributed by atoms with van der Waals surface area (Å²) in [6.07, 6.45) is -0.518. The van der Waals surface area contributed by atoms with Crippen LogP contribution in [0.3, 0.4) is 0 Å². The molecule has 0 spiro atoms. The van der Waals surface area contributed by atoms with E-state index in [2.05, 4.69) is 0 Å². The molecule has 0 radical (unpaired) electrons. The van der Waals surface area contributed by atoms with E-state index in [9.17, 15) is 5.11 Å². The van der Waals surface area contributed by atoms with Crippen molar-refractivity contribution in [2.24, 2.45) is 0 Å². The van der Waals surface area contributed by atoms with E-state index in [1.807, 2.05) is 55.5 Å². The van der Waals surface area contributed by atoms with Gasteiger partial charge in [0.05, 0.1) is 6.10 Å². The normalized spacial score (nSPS) is 12.2. The number of ether oxygens (including phenoxy) is 1. The van der Waals surface area contributed by atoms with Gasteiger partial charge < -0.3 is 9.84 Å². The van der Waals surface area contributed by atoms with Crippen LogP contribution < -0.4 is 4.74 Å². The molecule has 0 aliphatic carbocycles. The first-order valence-corrected chi connectivity index (χ1v) is 6.12. The highest BCUT2D eigenvalue weighted by Crippen LogP contribution is 2.26. The van der Waals surface area contributed by atoms with Crippen molar-refractivity contribution in [3.05, 3.63) is 65.2 Å². The maximum Gasteiger partial charge on any atom is 0.125 e. The Hall–Kier alpha value is -1.80. The van der Waals surface area contributed by atoms with Gasteiger partial charge in [0.2, 0.25) is 0 Å². The molecule has 2 rings (SSSR count). The van der Waals surface area contributed by atoms with Crippen LogP contribution in [0.4, 0.5) is 0 Å². The Morgan fingerprint density at radius 2 is 1.83 bits per heavy atom. The molecule has 2 heteroatoms. The molecule has 0 aliphatic heterocycles. The van der Waals surface area contributed by atoms with Gasteiger partial charge in [0.25, 0.3) is 0 Å². The summed E-state index contributed by atoms with van der Waals surface area (Å²) >= 11 is 0. The van der Waals surface area contributed by atoms with Crippen molar-refractivity contribution in [3.8, 4) is 5.75 Å². The molecular weight excluding hydrogens is 224 g/mol. The fraction of sp³-hybridized carbons (Fsp3) is 0.250. The molecule has 0 heterocycles. The Labute approximate surface area is 108 Å². The van der Waals surface area contributed by atoms with E-state index in [-0.39, 0.29) is 0 Å². The van der Waals surface area contributed by atoms with Crippen LogP contribution in [0.15, 0.2) is 48.5 Å². The molecule has 18 heavy (non-hydrogen) atoms. The van der Waals surface area contributed by atoms with Crippen LogP contribution in [0, 0.1) is 6.92 Å². The average Bonchev–Trinajstić information content (AvgIpc) is 2.38. The second-order valence-corrected chi connectivity index (χ2v) is 4.49. The smallest absolute Gasteiger partial charge is 0.125 e. The van der Waals surface area contributed by atoms with E-state index in [0.29, 0.717) is 6.61 Å². The highest BCUT2D eigenvalue weighted by atomic mass is 16.5. The molecule has 0 amide bonds. The van der Waals surface area contributed by atoms with Crippen LogP contribution in [0.5, 0.6) is 5.75 Å². The zero-order chi connectivity index (χ0) is 13.0. The molecule has 1 unspecified atom stereocenters. The first-order chi connectivity index (χ1) is 8.66. The van der Waals surface area contributed by atoms with Gasteiger partial charge in [-0.15, -0.1) is 0 Å². The van der Waals surface area contributed by atoms with Crippen LogP contribution in [0.25, 0.3) is 0 Å². The summed E-state index contributed by atoms with van der Waals surface area (Å²) in [5, 5.41) is 9.75. The third-order valence-corrected chi connectivity index (χ3v) is 2.85. The molecule has 0 aliphatic rings. The third-order valence-electron chi connectivity index (χ3n) is 2.85. The summed E-state index contributed by atoms with van der Waals surface area (Å²) < 4.78 is 5.78. The van der Waals surface area contributed by atoms with Crippen molar-refractivity contribution in [3.63, 3.8) is 0 Å². The molecule has 0 aromatic heterocycles. The quantitative estimate of drug-likeness (QED) is 0.887. The SMILES string of the molecule is Cc1ccc(OCc2ccccc2)c(C(C)O)c1. The van der Waals surface area contributed by atoms with Crippen LogP contribution in [-0.2, 0) is 6.61 Å². The van der Waals surface area contributed by atoms with Crippen LogP contribution in [0.2, 0.25) is 0 Å². The minimum atomic E-state index is -0.518. The third kappa shape index (κ3) is 3.11. The number of aliphatic hydroxyl groups excluding tert-OH is 1. The number of benzene rings is 2. The zero-order valence-electron chi connectivity index (χ0n) is 10.8. The maximum atomic E-state index is 9.75. The molecule has 0 fully saturated rings. The molecule has 0 bridgehead atoms. The second-order valence-electron chi connectivity index (χ2n) is 4.49. The van der Waals surface area contributed by atoms with Gasteiger partial charge >= 0.3 is 0 Å². The number of hydrogen-bond acceptors (Lipinski definition) is 2. The molecule has 1 atom stereocenters. The van der Waals surface area contributed by atoms with E-state index in [1.54, 1.807) is 6.92 Å². The molecular formula is C16H18O2. The number of aryl methyl sites for hydroxylation is 1. The molecule has 0 saturated carbocycles. The van der Waals surface area contributed by atoms with Crippen molar-refractivity contribution < 1.29 is 9.84 Å². The first-order valence-electron chi connectivity index (χ1n) is 6.12. The first kappa shape index (κ1) is 12.7. The van der Waals surface area contributed by atoms with Crippen LogP contribution >= 0.6 is 0 Å². The summed E-state index contributed by atoms with van der Waals surface area (Å²) in [7, 11) is 0. The topological polar surface area (TPSA) is 29.5 Å². The van der Waals surface area contributed by atoms with E-state index in [0.717, 1.165) is 22.4 Å². The lowest BCUT2D eigenvalue weighted by Crippen LogP contribution is -2.01. The fourth-order valence-corrected chi connectivity index (χ4v) is 1.86. The molecule has 2 nitrogen and oxygen atoms in total. The monoisotopic (exact) mass is 242 g/mol.